The number of amides is 3. The number of ether oxygens (including phenoxy) is 1. The largest absolute Gasteiger partial charge is 0.497 e. The Kier molecular flexibility index (Phi) is 6.63. The van der Waals surface area contributed by atoms with Gasteiger partial charge in [0.25, 0.3) is 5.91 Å². The van der Waals surface area contributed by atoms with Gasteiger partial charge < -0.3 is 19.9 Å². The maximum atomic E-state index is 13.5. The highest BCUT2D eigenvalue weighted by Gasteiger charge is 2.31. The van der Waals surface area contributed by atoms with E-state index in [4.69, 9.17) is 9.72 Å². The SMILES string of the molecule is COc1ccc(NC(=O)N2CCC(c3nc(C)ccc3C(=O)N3Cc4ccccc4C3)CC2)c(C)c1. The predicted octanol–water partition coefficient (Wildman–Crippen LogP) is 5.27. The van der Waals surface area contributed by atoms with Crippen molar-refractivity contribution >= 4 is 17.6 Å². The van der Waals surface area contributed by atoms with E-state index in [-0.39, 0.29) is 17.9 Å². The van der Waals surface area contributed by atoms with E-state index in [9.17, 15) is 9.59 Å². The van der Waals surface area contributed by atoms with Gasteiger partial charge in [-0.05, 0) is 73.7 Å². The number of pyridine rings is 1. The van der Waals surface area contributed by atoms with Gasteiger partial charge in [-0.25, -0.2) is 4.79 Å². The number of piperidine rings is 1. The number of nitrogens with one attached hydrogen (secondary N) is 1. The molecule has 7 heteroatoms. The molecule has 3 heterocycles. The summed E-state index contributed by atoms with van der Waals surface area (Å²) in [6, 6.07) is 17.6. The second-order valence-corrected chi connectivity index (χ2v) is 9.69. The number of aromatic nitrogens is 1. The van der Waals surface area contributed by atoms with Crippen molar-refractivity contribution in [2.24, 2.45) is 0 Å². The van der Waals surface area contributed by atoms with E-state index in [0.717, 1.165) is 41.2 Å². The maximum Gasteiger partial charge on any atom is 0.321 e. The molecule has 1 N–H and O–H groups in total. The van der Waals surface area contributed by atoms with Crippen molar-refractivity contribution < 1.29 is 14.3 Å². The van der Waals surface area contributed by atoms with Gasteiger partial charge in [0.15, 0.2) is 0 Å². The minimum atomic E-state index is -0.106. The van der Waals surface area contributed by atoms with E-state index in [1.54, 1.807) is 7.11 Å². The van der Waals surface area contributed by atoms with Crippen molar-refractivity contribution in [1.82, 2.24) is 14.8 Å². The second kappa shape index (κ2) is 10.0. The standard InChI is InChI=1S/C29H32N4O3/c1-19-16-24(36-3)9-11-26(19)31-29(35)32-14-12-21(13-15-32)27-25(10-8-20(2)30-27)28(34)33-17-22-6-4-5-7-23(22)18-33/h4-11,16,21H,12-15,17-18H2,1-3H3,(H,31,35). The van der Waals surface area contributed by atoms with Crippen molar-refractivity contribution in [3.8, 4) is 5.75 Å². The Hall–Kier alpha value is -3.87. The Balaban J connectivity index is 1.26. The molecule has 0 spiro atoms. The molecule has 0 saturated carbocycles. The molecule has 1 fully saturated rings. The Labute approximate surface area is 212 Å². The van der Waals surface area contributed by atoms with Crippen molar-refractivity contribution in [3.05, 3.63) is 88.2 Å². The molecule has 1 aromatic heterocycles. The van der Waals surface area contributed by atoms with Crippen LogP contribution < -0.4 is 10.1 Å². The smallest absolute Gasteiger partial charge is 0.321 e. The van der Waals surface area contributed by atoms with E-state index < -0.39 is 0 Å². The van der Waals surface area contributed by atoms with Crippen LogP contribution in [0.25, 0.3) is 0 Å². The summed E-state index contributed by atoms with van der Waals surface area (Å²) in [5, 5.41) is 3.03. The van der Waals surface area contributed by atoms with Crippen molar-refractivity contribution in [3.63, 3.8) is 0 Å². The highest BCUT2D eigenvalue weighted by atomic mass is 16.5. The van der Waals surface area contributed by atoms with E-state index in [0.29, 0.717) is 31.7 Å². The molecule has 0 unspecified atom stereocenters. The summed E-state index contributed by atoms with van der Waals surface area (Å²) in [4.78, 5) is 35.1. The minimum Gasteiger partial charge on any atom is -0.497 e. The number of urea groups is 1. The van der Waals surface area contributed by atoms with E-state index >= 15 is 0 Å². The molecule has 186 valence electrons. The average Bonchev–Trinajstić information content (AvgIpc) is 3.34. The van der Waals surface area contributed by atoms with Crippen LogP contribution in [0.1, 0.15) is 57.2 Å². The van der Waals surface area contributed by atoms with Gasteiger partial charge in [0.1, 0.15) is 5.75 Å². The van der Waals surface area contributed by atoms with E-state index in [1.165, 1.54) is 11.1 Å². The number of likely N-dealkylation sites (tertiary alicyclic amines) is 1. The maximum absolute atomic E-state index is 13.5. The van der Waals surface area contributed by atoms with Crippen LogP contribution in [0.5, 0.6) is 5.75 Å². The van der Waals surface area contributed by atoms with Crippen LogP contribution in [-0.4, -0.2) is 46.9 Å². The third kappa shape index (κ3) is 4.78. The lowest BCUT2D eigenvalue weighted by Crippen LogP contribution is -2.41. The van der Waals surface area contributed by atoms with Crippen molar-refractivity contribution in [2.45, 2.75) is 45.7 Å². The number of rotatable bonds is 4. The molecule has 36 heavy (non-hydrogen) atoms. The van der Waals surface area contributed by atoms with Gasteiger partial charge >= 0.3 is 6.03 Å². The number of anilines is 1. The van der Waals surface area contributed by atoms with Crippen LogP contribution in [0, 0.1) is 13.8 Å². The zero-order chi connectivity index (χ0) is 25.2. The van der Waals surface area contributed by atoms with Gasteiger partial charge in [0.05, 0.1) is 18.4 Å². The molecule has 7 nitrogen and oxygen atoms in total. The fraction of sp³-hybridized carbons (Fsp3) is 0.345. The first-order valence-corrected chi connectivity index (χ1v) is 12.5. The monoisotopic (exact) mass is 484 g/mol. The molecular formula is C29H32N4O3. The summed E-state index contributed by atoms with van der Waals surface area (Å²) in [6.07, 6.45) is 1.54. The number of carbonyl (C=O) groups is 2. The molecule has 3 aromatic rings. The quantitative estimate of drug-likeness (QED) is 0.547. The molecule has 0 aliphatic carbocycles. The first-order valence-electron chi connectivity index (χ1n) is 12.5. The summed E-state index contributed by atoms with van der Waals surface area (Å²) >= 11 is 0. The van der Waals surface area contributed by atoms with E-state index in [1.807, 2.05) is 66.1 Å². The van der Waals surface area contributed by atoms with Crippen LogP contribution in [0.15, 0.2) is 54.6 Å². The Morgan fingerprint density at radius 1 is 0.944 bits per heavy atom. The summed E-state index contributed by atoms with van der Waals surface area (Å²) in [5.74, 6) is 0.935. The van der Waals surface area contributed by atoms with Crippen molar-refractivity contribution in [1.29, 1.82) is 0 Å². The van der Waals surface area contributed by atoms with Crippen LogP contribution in [0.3, 0.4) is 0 Å². The van der Waals surface area contributed by atoms with Gasteiger partial charge in [-0.1, -0.05) is 24.3 Å². The highest BCUT2D eigenvalue weighted by molar-refractivity contribution is 5.96. The molecule has 0 radical (unpaired) electrons. The summed E-state index contributed by atoms with van der Waals surface area (Å²) < 4.78 is 5.25. The molecule has 1 saturated heterocycles. The zero-order valence-electron chi connectivity index (χ0n) is 21.1. The number of methoxy groups -OCH3 is 1. The Morgan fingerprint density at radius 2 is 1.64 bits per heavy atom. The third-order valence-corrected chi connectivity index (χ3v) is 7.27. The highest BCUT2D eigenvalue weighted by Crippen LogP contribution is 2.32. The Morgan fingerprint density at radius 3 is 2.28 bits per heavy atom. The minimum absolute atomic E-state index is 0.0313. The molecule has 0 atom stereocenters. The van der Waals surface area contributed by atoms with Gasteiger partial charge in [0, 0.05) is 43.5 Å². The lowest BCUT2D eigenvalue weighted by molar-refractivity contribution is 0.0748. The zero-order valence-corrected chi connectivity index (χ0v) is 21.1. The van der Waals surface area contributed by atoms with Crippen LogP contribution in [-0.2, 0) is 13.1 Å². The molecular weight excluding hydrogens is 452 g/mol. The normalized spacial score (nSPS) is 15.5. The number of aryl methyl sites for hydroxylation is 2. The van der Waals surface area contributed by atoms with Crippen molar-refractivity contribution in [2.75, 3.05) is 25.5 Å². The van der Waals surface area contributed by atoms with Gasteiger partial charge in [-0.15, -0.1) is 0 Å². The number of nitrogens with zero attached hydrogens (tertiary/aromatic N) is 3. The van der Waals surface area contributed by atoms with Gasteiger partial charge in [-0.2, -0.15) is 0 Å². The fourth-order valence-electron chi connectivity index (χ4n) is 5.17. The third-order valence-electron chi connectivity index (χ3n) is 7.27. The fourth-order valence-corrected chi connectivity index (χ4v) is 5.17. The molecule has 3 amide bonds. The molecule has 2 aromatic carbocycles. The summed E-state index contributed by atoms with van der Waals surface area (Å²) in [6.45, 7) is 6.40. The number of carbonyl (C=O) groups excluding carboxylic acids is 2. The Bertz CT molecular complexity index is 1270. The number of hydrogen-bond donors (Lipinski definition) is 1. The van der Waals surface area contributed by atoms with E-state index in [2.05, 4.69) is 17.4 Å². The van der Waals surface area contributed by atoms with Crippen LogP contribution in [0.2, 0.25) is 0 Å². The first kappa shape index (κ1) is 23.9. The topological polar surface area (TPSA) is 74.8 Å². The predicted molar refractivity (Wildman–Crippen MR) is 139 cm³/mol. The van der Waals surface area contributed by atoms with Gasteiger partial charge in [-0.3, -0.25) is 9.78 Å². The molecule has 5 rings (SSSR count). The lowest BCUT2D eigenvalue weighted by Gasteiger charge is -2.33. The number of fused-ring (bicyclic) bond motifs is 1. The summed E-state index contributed by atoms with van der Waals surface area (Å²) in [7, 11) is 1.63. The molecule has 0 bridgehead atoms. The number of hydrogen-bond acceptors (Lipinski definition) is 4. The second-order valence-electron chi connectivity index (χ2n) is 9.69. The van der Waals surface area contributed by atoms with Crippen LogP contribution in [0.4, 0.5) is 10.5 Å². The summed E-state index contributed by atoms with van der Waals surface area (Å²) in [5.41, 5.74) is 6.60. The number of benzene rings is 2. The van der Waals surface area contributed by atoms with Crippen LogP contribution >= 0.6 is 0 Å². The van der Waals surface area contributed by atoms with Gasteiger partial charge in [0.2, 0.25) is 0 Å². The average molecular weight is 485 g/mol. The molecule has 2 aliphatic rings. The first-order chi connectivity index (χ1) is 17.4. The molecule has 2 aliphatic heterocycles. The lowest BCUT2D eigenvalue weighted by atomic mass is 9.89.